The van der Waals surface area contributed by atoms with Gasteiger partial charge >= 0.3 is 0 Å². The Labute approximate surface area is 100 Å². The first-order valence-electron chi connectivity index (χ1n) is 6.21. The summed E-state index contributed by atoms with van der Waals surface area (Å²) in [6.07, 6.45) is 8.54. The Morgan fingerprint density at radius 3 is 1.93 bits per heavy atom. The molecular formula is C12H27NOS. The molecule has 0 bridgehead atoms. The van der Waals surface area contributed by atoms with Crippen molar-refractivity contribution >= 4 is 12.6 Å². The highest BCUT2D eigenvalue weighted by molar-refractivity contribution is 7.80. The van der Waals surface area contributed by atoms with Crippen LogP contribution in [0.5, 0.6) is 0 Å². The lowest BCUT2D eigenvalue weighted by Gasteiger charge is -2.15. The van der Waals surface area contributed by atoms with E-state index in [1.807, 2.05) is 0 Å². The first-order valence-corrected chi connectivity index (χ1v) is 6.84. The van der Waals surface area contributed by atoms with E-state index in [2.05, 4.69) is 24.6 Å². The summed E-state index contributed by atoms with van der Waals surface area (Å²) in [7, 11) is 2.19. The second-order valence-electron chi connectivity index (χ2n) is 4.23. The molecule has 0 unspecified atom stereocenters. The van der Waals surface area contributed by atoms with E-state index in [-0.39, 0.29) is 0 Å². The third-order valence-corrected chi connectivity index (χ3v) is 2.96. The fourth-order valence-electron chi connectivity index (χ4n) is 1.63. The maximum atomic E-state index is 8.64. The van der Waals surface area contributed by atoms with Crippen LogP contribution in [-0.2, 0) is 0 Å². The van der Waals surface area contributed by atoms with Crippen molar-refractivity contribution in [3.8, 4) is 0 Å². The van der Waals surface area contributed by atoms with Crippen LogP contribution in [0.15, 0.2) is 0 Å². The van der Waals surface area contributed by atoms with Gasteiger partial charge < -0.3 is 10.0 Å². The number of hydrogen-bond acceptors (Lipinski definition) is 3. The molecule has 92 valence electrons. The maximum absolute atomic E-state index is 8.64. The van der Waals surface area contributed by atoms with Gasteiger partial charge in [0.2, 0.25) is 0 Å². The Hall–Kier alpha value is 0.270. The molecule has 0 aromatic rings. The summed E-state index contributed by atoms with van der Waals surface area (Å²) in [6.45, 7) is 2.73. The third-order valence-electron chi connectivity index (χ3n) is 2.65. The average molecular weight is 233 g/mol. The van der Waals surface area contributed by atoms with Gasteiger partial charge in [-0.25, -0.2) is 0 Å². The molecule has 0 aliphatic heterocycles. The lowest BCUT2D eigenvalue weighted by molar-refractivity contribution is 0.271. The van der Waals surface area contributed by atoms with Gasteiger partial charge in [-0.1, -0.05) is 12.8 Å². The van der Waals surface area contributed by atoms with Crippen molar-refractivity contribution in [3.63, 3.8) is 0 Å². The Bertz CT molecular complexity index is 122. The van der Waals surface area contributed by atoms with Gasteiger partial charge in [0.05, 0.1) is 0 Å². The Kier molecular flexibility index (Phi) is 12.6. The highest BCUT2D eigenvalue weighted by Gasteiger charge is 1.97. The molecule has 0 radical (unpaired) electrons. The predicted octanol–water partition coefficient (Wildman–Crippen LogP) is 2.57. The summed E-state index contributed by atoms with van der Waals surface area (Å²) < 4.78 is 0. The summed E-state index contributed by atoms with van der Waals surface area (Å²) in [4.78, 5) is 2.40. The quantitative estimate of drug-likeness (QED) is 0.423. The first-order chi connectivity index (χ1) is 7.31. The molecule has 0 saturated carbocycles. The molecular weight excluding hydrogens is 206 g/mol. The molecule has 2 nitrogen and oxygen atoms in total. The van der Waals surface area contributed by atoms with E-state index in [0.29, 0.717) is 6.61 Å². The van der Waals surface area contributed by atoms with E-state index in [4.69, 9.17) is 5.11 Å². The Balaban J connectivity index is 3.08. The molecule has 0 aromatic carbocycles. The van der Waals surface area contributed by atoms with Crippen molar-refractivity contribution in [1.82, 2.24) is 4.90 Å². The maximum Gasteiger partial charge on any atom is 0.0431 e. The number of unbranched alkanes of at least 4 members (excludes halogenated alkanes) is 5. The van der Waals surface area contributed by atoms with Gasteiger partial charge in [0.1, 0.15) is 0 Å². The molecule has 0 spiro atoms. The summed E-state index contributed by atoms with van der Waals surface area (Å²) in [5.41, 5.74) is 0. The second-order valence-corrected chi connectivity index (χ2v) is 4.67. The number of aliphatic hydroxyl groups is 1. The van der Waals surface area contributed by atoms with Crippen LogP contribution in [-0.4, -0.2) is 42.5 Å². The Morgan fingerprint density at radius 2 is 1.40 bits per heavy atom. The fourth-order valence-corrected chi connectivity index (χ4v) is 1.85. The van der Waals surface area contributed by atoms with E-state index >= 15 is 0 Å². The molecule has 0 rings (SSSR count). The van der Waals surface area contributed by atoms with Crippen molar-refractivity contribution in [1.29, 1.82) is 0 Å². The standard InChI is InChI=1S/C12H27NOS/c1-13(10-6-4-7-11-14)9-5-2-3-8-12-15/h14-15H,2-12H2,1H3. The van der Waals surface area contributed by atoms with Crippen LogP contribution in [0.1, 0.15) is 44.9 Å². The van der Waals surface area contributed by atoms with Gasteiger partial charge in [-0.3, -0.25) is 0 Å². The van der Waals surface area contributed by atoms with E-state index in [9.17, 15) is 0 Å². The van der Waals surface area contributed by atoms with Crippen molar-refractivity contribution in [2.24, 2.45) is 0 Å². The van der Waals surface area contributed by atoms with Crippen LogP contribution in [0, 0.1) is 0 Å². The van der Waals surface area contributed by atoms with E-state index < -0.39 is 0 Å². The second kappa shape index (κ2) is 12.3. The van der Waals surface area contributed by atoms with Gasteiger partial charge in [-0.2, -0.15) is 12.6 Å². The molecule has 0 saturated heterocycles. The minimum Gasteiger partial charge on any atom is -0.396 e. The first kappa shape index (κ1) is 15.3. The minimum absolute atomic E-state index is 0.341. The van der Waals surface area contributed by atoms with Crippen LogP contribution in [0.2, 0.25) is 0 Å². The minimum atomic E-state index is 0.341. The molecule has 0 aliphatic rings. The highest BCUT2D eigenvalue weighted by Crippen LogP contribution is 2.03. The molecule has 0 aliphatic carbocycles. The number of nitrogens with zero attached hydrogens (tertiary/aromatic N) is 1. The van der Waals surface area contributed by atoms with Crippen molar-refractivity contribution < 1.29 is 5.11 Å². The van der Waals surface area contributed by atoms with E-state index in [1.54, 1.807) is 0 Å². The topological polar surface area (TPSA) is 23.5 Å². The van der Waals surface area contributed by atoms with Crippen LogP contribution < -0.4 is 0 Å². The zero-order valence-corrected chi connectivity index (χ0v) is 11.0. The van der Waals surface area contributed by atoms with Crippen LogP contribution in [0.3, 0.4) is 0 Å². The third kappa shape index (κ3) is 12.2. The zero-order valence-electron chi connectivity index (χ0n) is 10.1. The molecule has 0 aromatic heterocycles. The van der Waals surface area contributed by atoms with Crippen LogP contribution in [0.4, 0.5) is 0 Å². The lowest BCUT2D eigenvalue weighted by atomic mass is 10.2. The fraction of sp³-hybridized carbons (Fsp3) is 1.00. The monoisotopic (exact) mass is 233 g/mol. The number of hydrogen-bond donors (Lipinski definition) is 2. The molecule has 15 heavy (non-hydrogen) atoms. The summed E-state index contributed by atoms with van der Waals surface area (Å²) >= 11 is 4.20. The predicted molar refractivity (Wildman–Crippen MR) is 70.8 cm³/mol. The highest BCUT2D eigenvalue weighted by atomic mass is 32.1. The normalized spacial score (nSPS) is 11.2. The summed E-state index contributed by atoms with van der Waals surface area (Å²) in [5, 5.41) is 8.64. The van der Waals surface area contributed by atoms with Crippen molar-refractivity contribution in [3.05, 3.63) is 0 Å². The number of thiol groups is 1. The van der Waals surface area contributed by atoms with Gasteiger partial charge in [-0.15, -0.1) is 0 Å². The Morgan fingerprint density at radius 1 is 0.867 bits per heavy atom. The lowest BCUT2D eigenvalue weighted by Crippen LogP contribution is -2.20. The molecule has 0 amide bonds. The molecule has 0 atom stereocenters. The van der Waals surface area contributed by atoms with Gasteiger partial charge in [-0.05, 0) is 58.0 Å². The van der Waals surface area contributed by atoms with Gasteiger partial charge in [0.25, 0.3) is 0 Å². The van der Waals surface area contributed by atoms with Crippen molar-refractivity contribution in [2.45, 2.75) is 44.9 Å². The van der Waals surface area contributed by atoms with Crippen LogP contribution >= 0.6 is 12.6 Å². The molecule has 3 heteroatoms. The van der Waals surface area contributed by atoms with E-state index in [0.717, 1.165) is 18.6 Å². The number of aliphatic hydroxyl groups excluding tert-OH is 1. The SMILES string of the molecule is CN(CCCCCO)CCCCCCS. The number of rotatable bonds is 11. The zero-order chi connectivity index (χ0) is 11.4. The van der Waals surface area contributed by atoms with Crippen LogP contribution in [0.25, 0.3) is 0 Å². The molecule has 1 N–H and O–H groups in total. The smallest absolute Gasteiger partial charge is 0.0431 e. The average Bonchev–Trinajstić information content (AvgIpc) is 2.24. The molecule has 0 fully saturated rings. The van der Waals surface area contributed by atoms with Gasteiger partial charge in [0, 0.05) is 6.61 Å². The summed E-state index contributed by atoms with van der Waals surface area (Å²) in [5.74, 6) is 1.02. The largest absolute Gasteiger partial charge is 0.396 e. The van der Waals surface area contributed by atoms with Gasteiger partial charge in [0.15, 0.2) is 0 Å². The van der Waals surface area contributed by atoms with Crippen molar-refractivity contribution in [2.75, 3.05) is 32.5 Å². The summed E-state index contributed by atoms with van der Waals surface area (Å²) in [6, 6.07) is 0. The van der Waals surface area contributed by atoms with E-state index in [1.165, 1.54) is 45.2 Å². The molecule has 0 heterocycles.